The van der Waals surface area contributed by atoms with Gasteiger partial charge in [-0.3, -0.25) is 0 Å². The van der Waals surface area contributed by atoms with E-state index in [1.165, 1.54) is 22.5 Å². The highest BCUT2D eigenvalue weighted by atomic mass is 35.5. The average molecular weight is 536 g/mol. The van der Waals surface area contributed by atoms with Crippen molar-refractivity contribution in [2.24, 2.45) is 11.0 Å². The number of hydrogen-bond acceptors (Lipinski definition) is 8. The maximum atomic E-state index is 15.2. The molecule has 192 valence electrons. The van der Waals surface area contributed by atoms with Crippen LogP contribution in [0.3, 0.4) is 0 Å². The summed E-state index contributed by atoms with van der Waals surface area (Å²) in [5.74, 6) is -0.319. The fourth-order valence-electron chi connectivity index (χ4n) is 4.88. The molecule has 0 aliphatic carbocycles. The average Bonchev–Trinajstić information content (AvgIpc) is 3.22. The molecule has 0 bridgehead atoms. The first-order chi connectivity index (χ1) is 17.1. The topological polar surface area (TPSA) is 96.4 Å². The Kier molecular flexibility index (Phi) is 6.44. The van der Waals surface area contributed by atoms with Crippen molar-refractivity contribution in [1.29, 1.82) is 0 Å². The molecule has 2 unspecified atom stereocenters. The molecule has 9 nitrogen and oxygen atoms in total. The van der Waals surface area contributed by atoms with Gasteiger partial charge in [0.25, 0.3) is 0 Å². The molecule has 36 heavy (non-hydrogen) atoms. The summed E-state index contributed by atoms with van der Waals surface area (Å²) in [6, 6.07) is 5.02. The van der Waals surface area contributed by atoms with Crippen molar-refractivity contribution < 1.29 is 22.3 Å². The molecule has 4 heterocycles. The number of aromatic nitrogens is 1. The number of hydrogen-bond donors (Lipinski definition) is 1. The van der Waals surface area contributed by atoms with E-state index in [1.807, 2.05) is 18.7 Å². The quantitative estimate of drug-likeness (QED) is 0.566. The molecule has 0 radical (unpaired) electrons. The first-order valence-corrected chi connectivity index (χ1v) is 13.4. The highest BCUT2D eigenvalue weighted by molar-refractivity contribution is 7.89. The Morgan fingerprint density at radius 2 is 2.03 bits per heavy atom. The Morgan fingerprint density at radius 3 is 2.67 bits per heavy atom. The molecule has 3 aliphatic rings. The maximum absolute atomic E-state index is 15.2. The molecule has 2 atom stereocenters. The fourth-order valence-corrected chi connectivity index (χ4v) is 6.79. The second-order valence-corrected chi connectivity index (χ2v) is 11.6. The lowest BCUT2D eigenvalue weighted by molar-refractivity contribution is -0.0283. The first kappa shape index (κ1) is 24.9. The van der Waals surface area contributed by atoms with Crippen LogP contribution in [0.2, 0.25) is 5.15 Å². The summed E-state index contributed by atoms with van der Waals surface area (Å²) in [5, 5.41) is 4.40. The number of anilines is 1. The number of benzene rings is 1. The Labute approximate surface area is 214 Å². The molecule has 1 aromatic heterocycles. The van der Waals surface area contributed by atoms with E-state index >= 15 is 4.39 Å². The number of fused-ring (bicyclic) bond motifs is 1. The van der Waals surface area contributed by atoms with Gasteiger partial charge in [-0.25, -0.2) is 23.2 Å². The Bertz CT molecular complexity index is 1360. The summed E-state index contributed by atoms with van der Waals surface area (Å²) in [7, 11) is -4.10. The summed E-state index contributed by atoms with van der Waals surface area (Å²) in [4.78, 5) is 6.23. The van der Waals surface area contributed by atoms with Crippen LogP contribution in [0.15, 0.2) is 46.7 Å². The second-order valence-electron chi connectivity index (χ2n) is 9.34. The van der Waals surface area contributed by atoms with Gasteiger partial charge in [0.15, 0.2) is 5.82 Å². The van der Waals surface area contributed by atoms with Crippen LogP contribution in [0.25, 0.3) is 0 Å². The molecule has 3 aliphatic heterocycles. The number of hydrazone groups is 1. The Balaban J connectivity index is 1.64. The molecular weight excluding hydrogens is 509 g/mol. The molecular formula is C24H27ClFN5O4S. The monoisotopic (exact) mass is 535 g/mol. The van der Waals surface area contributed by atoms with E-state index in [0.717, 1.165) is 11.1 Å². The lowest BCUT2D eigenvalue weighted by Gasteiger charge is -2.43. The van der Waals surface area contributed by atoms with E-state index in [-0.39, 0.29) is 40.2 Å². The van der Waals surface area contributed by atoms with E-state index in [2.05, 4.69) is 22.1 Å². The summed E-state index contributed by atoms with van der Waals surface area (Å²) >= 11 is 6.15. The Morgan fingerprint density at radius 1 is 1.28 bits per heavy atom. The summed E-state index contributed by atoms with van der Waals surface area (Å²) in [6.45, 7) is 10.8. The van der Waals surface area contributed by atoms with Crippen molar-refractivity contribution in [2.75, 3.05) is 31.3 Å². The summed E-state index contributed by atoms with van der Waals surface area (Å²) < 4.78 is 55.6. The molecule has 12 heteroatoms. The predicted molar refractivity (Wildman–Crippen MR) is 134 cm³/mol. The van der Waals surface area contributed by atoms with E-state index in [0.29, 0.717) is 25.3 Å². The van der Waals surface area contributed by atoms with Crippen LogP contribution in [-0.4, -0.2) is 56.1 Å². The SMILES string of the molecule is C=C1NN=C(C(C(C)c2c(F)ccc(C)c2C)N2CN(CC3COC3)c3nc(Cl)ccc3S2(=O)=O)O1. The van der Waals surface area contributed by atoms with Crippen LogP contribution >= 0.6 is 11.6 Å². The van der Waals surface area contributed by atoms with Crippen molar-refractivity contribution in [1.82, 2.24) is 14.7 Å². The lowest BCUT2D eigenvalue weighted by atomic mass is 9.87. The van der Waals surface area contributed by atoms with E-state index in [1.54, 1.807) is 13.0 Å². The molecule has 5 rings (SSSR count). The van der Waals surface area contributed by atoms with Crippen molar-refractivity contribution in [3.63, 3.8) is 0 Å². The number of rotatable bonds is 6. The van der Waals surface area contributed by atoms with Gasteiger partial charge in [0, 0.05) is 18.4 Å². The van der Waals surface area contributed by atoms with Gasteiger partial charge in [0.1, 0.15) is 21.9 Å². The van der Waals surface area contributed by atoms with Gasteiger partial charge in [-0.2, -0.15) is 4.31 Å². The first-order valence-electron chi connectivity index (χ1n) is 11.5. The molecule has 1 saturated heterocycles. The number of nitrogens with one attached hydrogen (secondary N) is 1. The van der Waals surface area contributed by atoms with Crippen LogP contribution in [0.5, 0.6) is 0 Å². The third kappa shape index (κ3) is 4.23. The minimum absolute atomic E-state index is 0.0161. The van der Waals surface area contributed by atoms with Gasteiger partial charge in [-0.1, -0.05) is 24.6 Å². The molecule has 1 N–H and O–H groups in total. The second kappa shape index (κ2) is 9.29. The standard InChI is InChI=1S/C24H27ClFN5O4S/c1-13-5-6-18(26)21(14(13)2)15(3)22(24-29-28-16(4)35-24)31-12-30(9-17-10-34-11-17)23-19(36(31,32)33)7-8-20(25)27-23/h5-8,15,17,22,28H,4,9-12H2,1-3H3. The minimum atomic E-state index is -4.10. The Hall–Kier alpha value is -2.73. The van der Waals surface area contributed by atoms with E-state index in [9.17, 15) is 8.42 Å². The molecule has 0 spiro atoms. The number of aryl methyl sites for hydroxylation is 1. The zero-order valence-electron chi connectivity index (χ0n) is 20.2. The van der Waals surface area contributed by atoms with Crippen LogP contribution in [0.1, 0.15) is 29.5 Å². The number of halogens is 2. The molecule has 1 fully saturated rings. The van der Waals surface area contributed by atoms with Crippen molar-refractivity contribution in [3.05, 3.63) is 64.4 Å². The van der Waals surface area contributed by atoms with E-state index < -0.39 is 27.8 Å². The summed E-state index contributed by atoms with van der Waals surface area (Å²) in [5.41, 5.74) is 4.68. The number of sulfonamides is 1. The van der Waals surface area contributed by atoms with Crippen molar-refractivity contribution >= 4 is 33.3 Å². The smallest absolute Gasteiger partial charge is 0.249 e. The number of nitrogens with zero attached hydrogens (tertiary/aromatic N) is 4. The maximum Gasteiger partial charge on any atom is 0.249 e. The highest BCUT2D eigenvalue weighted by Crippen LogP contribution is 2.40. The molecule has 2 aromatic rings. The third-order valence-corrected chi connectivity index (χ3v) is 8.98. The fraction of sp³-hybridized carbons (Fsp3) is 0.417. The van der Waals surface area contributed by atoms with Gasteiger partial charge in [-0.05, 0) is 55.3 Å². The highest BCUT2D eigenvalue weighted by Gasteiger charge is 2.47. The third-order valence-electron chi connectivity index (χ3n) is 6.93. The van der Waals surface area contributed by atoms with Crippen LogP contribution < -0.4 is 10.3 Å². The van der Waals surface area contributed by atoms with Crippen LogP contribution in [0.4, 0.5) is 10.2 Å². The zero-order chi connectivity index (χ0) is 25.8. The van der Waals surface area contributed by atoms with Crippen molar-refractivity contribution in [2.45, 2.75) is 37.6 Å². The molecule has 0 saturated carbocycles. The van der Waals surface area contributed by atoms with Crippen LogP contribution in [0, 0.1) is 25.6 Å². The number of ether oxygens (including phenoxy) is 2. The zero-order valence-corrected chi connectivity index (χ0v) is 21.7. The van der Waals surface area contributed by atoms with Gasteiger partial charge in [-0.15, -0.1) is 5.10 Å². The van der Waals surface area contributed by atoms with Gasteiger partial charge in [0.05, 0.1) is 19.9 Å². The van der Waals surface area contributed by atoms with Gasteiger partial charge >= 0.3 is 0 Å². The lowest BCUT2D eigenvalue weighted by Crippen LogP contribution is -2.57. The normalized spacial score (nSPS) is 21.2. The van der Waals surface area contributed by atoms with Crippen LogP contribution in [-0.2, 0) is 19.5 Å². The van der Waals surface area contributed by atoms with E-state index in [4.69, 9.17) is 21.1 Å². The van der Waals surface area contributed by atoms with Crippen molar-refractivity contribution in [3.8, 4) is 0 Å². The van der Waals surface area contributed by atoms with Gasteiger partial charge in [0.2, 0.25) is 21.8 Å². The molecule has 0 amide bonds. The summed E-state index contributed by atoms with van der Waals surface area (Å²) in [6.07, 6.45) is 0. The van der Waals surface area contributed by atoms with Gasteiger partial charge < -0.3 is 14.4 Å². The number of pyridine rings is 1. The molecule has 1 aromatic carbocycles. The minimum Gasteiger partial charge on any atom is -0.422 e. The largest absolute Gasteiger partial charge is 0.422 e. The predicted octanol–water partition coefficient (Wildman–Crippen LogP) is 3.48.